The van der Waals surface area contributed by atoms with Crippen LogP contribution in [-0.2, 0) is 0 Å². The first-order chi connectivity index (χ1) is 9.97. The third-order valence-corrected chi connectivity index (χ3v) is 3.57. The molecule has 0 saturated carbocycles. The Bertz CT molecular complexity index is 549. The highest BCUT2D eigenvalue weighted by Gasteiger charge is 2.17. The summed E-state index contributed by atoms with van der Waals surface area (Å²) in [6, 6.07) is 0. The Morgan fingerprint density at radius 3 is 2.62 bits per heavy atom. The number of nitrogens with two attached hydrogens (primary N) is 1. The summed E-state index contributed by atoms with van der Waals surface area (Å²) in [4.78, 5) is 13.6. The van der Waals surface area contributed by atoms with E-state index in [0.717, 1.165) is 49.1 Å². The van der Waals surface area contributed by atoms with Gasteiger partial charge in [0.05, 0.1) is 11.4 Å². The van der Waals surface area contributed by atoms with E-state index in [1.54, 1.807) is 6.20 Å². The van der Waals surface area contributed by atoms with Crippen LogP contribution in [0.5, 0.6) is 0 Å². The van der Waals surface area contributed by atoms with E-state index in [1.165, 1.54) is 0 Å². The van der Waals surface area contributed by atoms with E-state index >= 15 is 0 Å². The Morgan fingerprint density at radius 2 is 2.05 bits per heavy atom. The van der Waals surface area contributed by atoms with Crippen molar-refractivity contribution in [1.82, 2.24) is 20.3 Å². The Kier molecular flexibility index (Phi) is 5.03. The number of rotatable bonds is 3. The summed E-state index contributed by atoms with van der Waals surface area (Å²) in [5.41, 5.74) is 10.5. The topological polar surface area (TPSA) is 82.7 Å². The number of aromatic nitrogens is 2. The number of likely N-dealkylation sites (N-methyl/N-ethyl adjacent to an activating group) is 1. The summed E-state index contributed by atoms with van der Waals surface area (Å²) >= 11 is 4.73. The molecule has 1 fully saturated rings. The van der Waals surface area contributed by atoms with E-state index in [0.29, 0.717) is 0 Å². The van der Waals surface area contributed by atoms with Crippen molar-refractivity contribution in [3.63, 3.8) is 0 Å². The minimum absolute atomic E-state index is 0.141. The molecule has 1 aromatic heterocycles. The van der Waals surface area contributed by atoms with Gasteiger partial charge in [-0.1, -0.05) is 0 Å². The monoisotopic (exact) mass is 307 g/mol. The summed E-state index contributed by atoms with van der Waals surface area (Å²) in [6.07, 6.45) is 1.80. The standard InChI is InChI=1S/C13H21N7S/c1-9-11(10(2)17-18-12(14)21)8-15-13(16-9)20-6-4-19(3)5-7-20/h8H,4-7H2,1-3H3,(H3,14,18,21)/b17-10+. The molecule has 7 nitrogen and oxygen atoms in total. The van der Waals surface area contributed by atoms with Crippen LogP contribution in [0, 0.1) is 6.92 Å². The van der Waals surface area contributed by atoms with Gasteiger partial charge in [0.25, 0.3) is 0 Å². The van der Waals surface area contributed by atoms with Crippen LogP contribution < -0.4 is 16.1 Å². The van der Waals surface area contributed by atoms with E-state index in [9.17, 15) is 0 Å². The van der Waals surface area contributed by atoms with Crippen LogP contribution in [0.1, 0.15) is 18.2 Å². The number of anilines is 1. The van der Waals surface area contributed by atoms with Crippen molar-refractivity contribution in [3.8, 4) is 0 Å². The number of aryl methyl sites for hydroxylation is 1. The maximum Gasteiger partial charge on any atom is 0.225 e. The first kappa shape index (κ1) is 15.6. The number of piperazine rings is 1. The van der Waals surface area contributed by atoms with Gasteiger partial charge in [0.15, 0.2) is 5.11 Å². The predicted molar refractivity (Wildman–Crippen MR) is 88.6 cm³/mol. The van der Waals surface area contributed by atoms with Crippen molar-refractivity contribution in [2.75, 3.05) is 38.1 Å². The zero-order valence-corrected chi connectivity index (χ0v) is 13.4. The van der Waals surface area contributed by atoms with Crippen molar-refractivity contribution in [2.45, 2.75) is 13.8 Å². The fraction of sp³-hybridized carbons (Fsp3) is 0.538. The molecule has 1 saturated heterocycles. The number of hydrazone groups is 1. The molecule has 0 aromatic carbocycles. The number of hydrogen-bond acceptors (Lipinski definition) is 6. The van der Waals surface area contributed by atoms with Gasteiger partial charge >= 0.3 is 0 Å². The van der Waals surface area contributed by atoms with E-state index in [4.69, 9.17) is 18.0 Å². The second-order valence-corrected chi connectivity index (χ2v) is 5.57. The zero-order valence-electron chi connectivity index (χ0n) is 12.6. The van der Waals surface area contributed by atoms with E-state index in [1.807, 2.05) is 13.8 Å². The molecule has 2 rings (SSSR count). The molecule has 1 aromatic rings. The van der Waals surface area contributed by atoms with Crippen LogP contribution in [0.3, 0.4) is 0 Å². The molecule has 0 spiro atoms. The maximum absolute atomic E-state index is 5.36. The lowest BCUT2D eigenvalue weighted by molar-refractivity contribution is 0.311. The molecule has 0 aliphatic carbocycles. The van der Waals surface area contributed by atoms with Crippen molar-refractivity contribution in [3.05, 3.63) is 17.5 Å². The molecule has 0 atom stereocenters. The lowest BCUT2D eigenvalue weighted by atomic mass is 10.2. The van der Waals surface area contributed by atoms with Gasteiger partial charge in [0.1, 0.15) is 0 Å². The molecule has 0 radical (unpaired) electrons. The highest BCUT2D eigenvalue weighted by Crippen LogP contribution is 2.13. The third-order valence-electron chi connectivity index (χ3n) is 3.48. The summed E-state index contributed by atoms with van der Waals surface area (Å²) in [5, 5.41) is 4.25. The SMILES string of the molecule is C/C(=N\NC(N)=S)c1cnc(N2CCN(C)CC2)nc1C. The molecule has 8 heteroatoms. The Morgan fingerprint density at radius 1 is 1.38 bits per heavy atom. The van der Waals surface area contributed by atoms with Gasteiger partial charge in [-0.2, -0.15) is 5.10 Å². The minimum Gasteiger partial charge on any atom is -0.375 e. The molecule has 1 aliphatic heterocycles. The normalized spacial score (nSPS) is 16.9. The molecule has 2 heterocycles. The van der Waals surface area contributed by atoms with Gasteiger partial charge in [-0.25, -0.2) is 9.97 Å². The Balaban J connectivity index is 2.14. The van der Waals surface area contributed by atoms with Gasteiger partial charge in [-0.3, -0.25) is 5.43 Å². The quantitative estimate of drug-likeness (QED) is 0.465. The van der Waals surface area contributed by atoms with Crippen molar-refractivity contribution >= 4 is 29.0 Å². The van der Waals surface area contributed by atoms with Crippen molar-refractivity contribution in [2.24, 2.45) is 10.8 Å². The Labute approximate surface area is 130 Å². The van der Waals surface area contributed by atoms with E-state index in [-0.39, 0.29) is 5.11 Å². The Hall–Kier alpha value is -1.80. The lowest BCUT2D eigenvalue weighted by Gasteiger charge is -2.32. The average Bonchev–Trinajstić information content (AvgIpc) is 2.45. The second kappa shape index (κ2) is 6.77. The van der Waals surface area contributed by atoms with Crippen LogP contribution in [0.2, 0.25) is 0 Å². The molecule has 3 N–H and O–H groups in total. The second-order valence-electron chi connectivity index (χ2n) is 5.13. The zero-order chi connectivity index (χ0) is 15.4. The summed E-state index contributed by atoms with van der Waals surface area (Å²) in [7, 11) is 2.13. The molecular formula is C13H21N7S. The fourth-order valence-corrected chi connectivity index (χ4v) is 2.21. The fourth-order valence-electron chi connectivity index (χ4n) is 2.17. The number of nitrogens with zero attached hydrogens (tertiary/aromatic N) is 5. The van der Waals surface area contributed by atoms with Crippen LogP contribution in [0.4, 0.5) is 5.95 Å². The first-order valence-corrected chi connectivity index (χ1v) is 7.25. The van der Waals surface area contributed by atoms with Crippen molar-refractivity contribution < 1.29 is 0 Å². The largest absolute Gasteiger partial charge is 0.375 e. The van der Waals surface area contributed by atoms with Crippen LogP contribution >= 0.6 is 12.2 Å². The molecule has 0 amide bonds. The highest BCUT2D eigenvalue weighted by atomic mass is 32.1. The smallest absolute Gasteiger partial charge is 0.225 e. The van der Waals surface area contributed by atoms with Crippen molar-refractivity contribution in [1.29, 1.82) is 0 Å². The van der Waals surface area contributed by atoms with E-state index < -0.39 is 0 Å². The maximum atomic E-state index is 5.36. The molecule has 1 aliphatic rings. The number of nitrogens with one attached hydrogen (secondary N) is 1. The predicted octanol–water partition coefficient (Wildman–Crippen LogP) is 0.0940. The van der Waals surface area contributed by atoms with Crippen LogP contribution in [0.15, 0.2) is 11.3 Å². The van der Waals surface area contributed by atoms with Gasteiger partial charge in [0, 0.05) is 37.9 Å². The molecule has 0 bridgehead atoms. The first-order valence-electron chi connectivity index (χ1n) is 6.84. The highest BCUT2D eigenvalue weighted by molar-refractivity contribution is 7.80. The lowest BCUT2D eigenvalue weighted by Crippen LogP contribution is -2.45. The minimum atomic E-state index is 0.141. The van der Waals surface area contributed by atoms with Gasteiger partial charge in [0.2, 0.25) is 5.95 Å². The van der Waals surface area contributed by atoms with Crippen LogP contribution in [0.25, 0.3) is 0 Å². The third kappa shape index (κ3) is 4.08. The summed E-state index contributed by atoms with van der Waals surface area (Å²) in [5.74, 6) is 0.777. The molecular weight excluding hydrogens is 286 g/mol. The summed E-state index contributed by atoms with van der Waals surface area (Å²) in [6.45, 7) is 7.78. The van der Waals surface area contributed by atoms with Gasteiger partial charge in [-0.15, -0.1) is 0 Å². The number of hydrogen-bond donors (Lipinski definition) is 2. The molecule has 21 heavy (non-hydrogen) atoms. The van der Waals surface area contributed by atoms with Gasteiger partial charge < -0.3 is 15.5 Å². The average molecular weight is 307 g/mol. The number of thiocarbonyl (C=S) groups is 1. The van der Waals surface area contributed by atoms with E-state index in [2.05, 4.69) is 37.3 Å². The van der Waals surface area contributed by atoms with Crippen LogP contribution in [-0.4, -0.2) is 58.9 Å². The summed E-state index contributed by atoms with van der Waals surface area (Å²) < 4.78 is 0. The molecule has 114 valence electrons. The van der Waals surface area contributed by atoms with Gasteiger partial charge in [-0.05, 0) is 33.1 Å². The molecule has 0 unspecified atom stereocenters.